The Bertz CT molecular complexity index is 3270. The van der Waals surface area contributed by atoms with E-state index >= 15 is 0 Å². The van der Waals surface area contributed by atoms with Gasteiger partial charge in [0.1, 0.15) is 35.9 Å². The average molecular weight is 1240 g/mol. The van der Waals surface area contributed by atoms with Gasteiger partial charge in [-0.3, -0.25) is 0 Å². The lowest BCUT2D eigenvalue weighted by Crippen LogP contribution is -2.41. The second-order valence-electron chi connectivity index (χ2n) is 25.5. The maximum Gasteiger partial charge on any atom is 0.494 e. The Morgan fingerprint density at radius 2 is 0.810 bits per heavy atom. The summed E-state index contributed by atoms with van der Waals surface area (Å²) < 4.78 is 138. The van der Waals surface area contributed by atoms with Crippen LogP contribution in [-0.2, 0) is 63.0 Å². The number of alkyl halides is 6. The van der Waals surface area contributed by atoms with Gasteiger partial charge in [-0.1, -0.05) is 22.0 Å². The van der Waals surface area contributed by atoms with Crippen molar-refractivity contribution in [2.75, 3.05) is 0 Å². The van der Waals surface area contributed by atoms with E-state index < -0.39 is 79.2 Å². The molecule has 4 aromatic carbocycles. The zero-order chi connectivity index (χ0) is 62.8. The first-order valence-electron chi connectivity index (χ1n) is 27.1. The van der Waals surface area contributed by atoms with Gasteiger partial charge in [0.05, 0.1) is 66.8 Å². The molecule has 0 amide bonds. The van der Waals surface area contributed by atoms with Gasteiger partial charge in [0.25, 0.3) is 0 Å². The number of rotatable bonds is 8. The minimum absolute atomic E-state index is 0.128. The largest absolute Gasteiger partial charge is 0.494 e. The van der Waals surface area contributed by atoms with Crippen molar-refractivity contribution >= 4 is 76.8 Å². The summed E-state index contributed by atoms with van der Waals surface area (Å²) in [6.45, 7) is 34.2. The maximum absolute atomic E-state index is 13.1. The van der Waals surface area contributed by atoms with Crippen LogP contribution in [0.2, 0.25) is 0 Å². The minimum Gasteiger partial charge on any atom is -0.486 e. The van der Waals surface area contributed by atoms with E-state index in [-0.39, 0.29) is 58.8 Å². The second kappa shape index (κ2) is 23.2. The van der Waals surface area contributed by atoms with Crippen LogP contribution < -0.4 is 14.9 Å². The van der Waals surface area contributed by atoms with Crippen molar-refractivity contribution in [1.29, 1.82) is 0 Å². The first kappa shape index (κ1) is 65.9. The van der Waals surface area contributed by atoms with Gasteiger partial charge in [-0.05, 0) is 209 Å². The highest BCUT2D eigenvalue weighted by Crippen LogP contribution is 2.43. The van der Waals surface area contributed by atoms with Gasteiger partial charge in [-0.15, -0.1) is 0 Å². The number of halogens is 7. The standard InChI is InChI=1S/C26H30BF3N2O5.C20H18BrF3N2O3.C12H24B2O4/c1-23(2,3)35-22(33)32-20-13-10-17(27-36-24(4,5)25(6,7)37-27)14-19(20)31-21(32)15-34-18-11-8-16(9-12-18)26(28,29)30;1-19(2,3)29-18(27)26-16-9-6-13(21)10-15(16)25-17(26)11-28-14-7-4-12(5-8-14)20(22,23)24;1-9(2)10(3,4)16-13(15-9)14-17-11(5,6)12(7,8)18-14/h8-14H,15H2,1-7H3;4-10H,11H2,1-3H3;1-8H3. The van der Waals surface area contributed by atoms with Gasteiger partial charge >= 0.3 is 45.7 Å². The molecule has 26 heteroatoms. The fourth-order valence-electron chi connectivity index (χ4n) is 8.37. The fraction of sp³-hybridized carbons (Fsp3) is 0.517. The number of imidazole rings is 2. The molecule has 0 aliphatic carbocycles. The monoisotopic (exact) mass is 1240 g/mol. The Morgan fingerprint density at radius 1 is 0.488 bits per heavy atom. The van der Waals surface area contributed by atoms with Crippen molar-refractivity contribution in [2.24, 2.45) is 0 Å². The Hall–Kier alpha value is -5.63. The van der Waals surface area contributed by atoms with E-state index in [4.69, 9.17) is 46.9 Å². The molecule has 0 radical (unpaired) electrons. The number of benzene rings is 4. The molecule has 2 aromatic heterocycles. The Kier molecular flexibility index (Phi) is 18.2. The van der Waals surface area contributed by atoms with E-state index in [1.165, 1.54) is 33.4 Å². The van der Waals surface area contributed by atoms with E-state index in [1.54, 1.807) is 77.9 Å². The molecule has 0 bridgehead atoms. The fourth-order valence-corrected chi connectivity index (χ4v) is 8.72. The molecule has 454 valence electrons. The number of carbonyl (C=O) groups is 2. The molecule has 6 aromatic rings. The summed E-state index contributed by atoms with van der Waals surface area (Å²) in [7, 11) is -1.57. The number of hydrogen-bond donors (Lipinski definition) is 0. The van der Waals surface area contributed by atoms with Gasteiger partial charge in [0.15, 0.2) is 11.6 Å². The predicted octanol–water partition coefficient (Wildman–Crippen LogP) is 14.1. The van der Waals surface area contributed by atoms with Gasteiger partial charge in [0.2, 0.25) is 0 Å². The van der Waals surface area contributed by atoms with Crippen molar-refractivity contribution in [2.45, 2.75) is 195 Å². The van der Waals surface area contributed by atoms with Crippen molar-refractivity contribution in [3.63, 3.8) is 0 Å². The van der Waals surface area contributed by atoms with Gasteiger partial charge in [-0.2, -0.15) is 26.3 Å². The zero-order valence-electron chi connectivity index (χ0n) is 50.6. The van der Waals surface area contributed by atoms with Crippen LogP contribution in [0.5, 0.6) is 11.5 Å². The minimum atomic E-state index is -4.45. The molecule has 0 spiro atoms. The first-order chi connectivity index (χ1) is 38.3. The summed E-state index contributed by atoms with van der Waals surface area (Å²) in [5.41, 5.74) is -2.72. The smallest absolute Gasteiger partial charge is 0.486 e. The summed E-state index contributed by atoms with van der Waals surface area (Å²) in [6, 6.07) is 19.2. The molecule has 0 N–H and O–H groups in total. The third kappa shape index (κ3) is 15.1. The van der Waals surface area contributed by atoms with E-state index in [2.05, 4.69) is 25.9 Å². The van der Waals surface area contributed by atoms with E-state index in [0.29, 0.717) is 22.1 Å². The van der Waals surface area contributed by atoms with Gasteiger partial charge in [-0.25, -0.2) is 28.7 Å². The lowest BCUT2D eigenvalue weighted by Gasteiger charge is -2.32. The molecule has 3 aliphatic rings. The normalized spacial score (nSPS) is 18.7. The van der Waals surface area contributed by atoms with Crippen LogP contribution in [0.3, 0.4) is 0 Å². The zero-order valence-corrected chi connectivity index (χ0v) is 52.1. The van der Waals surface area contributed by atoms with E-state index in [9.17, 15) is 35.9 Å². The molecule has 5 heterocycles. The Labute approximate surface area is 495 Å². The number of hydrogen-bond acceptors (Lipinski definition) is 14. The predicted molar refractivity (Wildman–Crippen MR) is 310 cm³/mol. The molecule has 16 nitrogen and oxygen atoms in total. The van der Waals surface area contributed by atoms with E-state index in [0.717, 1.165) is 34.2 Å². The number of ether oxygens (including phenoxy) is 4. The molecule has 3 fully saturated rings. The highest BCUT2D eigenvalue weighted by molar-refractivity contribution is 9.10. The highest BCUT2D eigenvalue weighted by atomic mass is 79.9. The van der Waals surface area contributed by atoms with Gasteiger partial charge < -0.3 is 46.9 Å². The number of carbonyl (C=O) groups excluding carboxylic acids is 2. The van der Waals surface area contributed by atoms with Crippen LogP contribution in [0.4, 0.5) is 35.9 Å². The number of fused-ring (bicyclic) bond motifs is 2. The van der Waals surface area contributed by atoms with Crippen LogP contribution in [0.15, 0.2) is 89.4 Å². The number of nitrogens with zero attached hydrogens (tertiary/aromatic N) is 4. The summed E-state index contributed by atoms with van der Waals surface area (Å²) >= 11 is 3.36. The molecular formula is C58H72B3BrF6N4O12. The molecule has 3 aliphatic heterocycles. The van der Waals surface area contributed by atoms with Crippen molar-refractivity contribution in [1.82, 2.24) is 19.1 Å². The second-order valence-corrected chi connectivity index (χ2v) is 26.4. The van der Waals surface area contributed by atoms with Crippen molar-refractivity contribution < 1.29 is 82.8 Å². The summed E-state index contributed by atoms with van der Waals surface area (Å²) in [5.74, 6) is 0.929. The molecule has 9 rings (SSSR count). The molecule has 3 saturated heterocycles. The SMILES string of the molecule is CC(C)(C)OC(=O)n1c(COc2ccc(C(F)(F)F)cc2)nc2cc(B3OC(C)(C)C(C)(C)O3)ccc21.CC(C)(C)OC(=O)n1c(COc2ccc(C(F)(F)F)cc2)nc2cc(Br)ccc21.CC1(C)OB(B2OC(C)(C)C(C)(C)O2)OC1(C)C. The van der Waals surface area contributed by atoms with Crippen LogP contribution in [0.1, 0.15) is 147 Å². The summed E-state index contributed by atoms with van der Waals surface area (Å²) in [6.07, 6.45) is -10.1. The lowest BCUT2D eigenvalue weighted by atomic mass is 9.49. The molecule has 0 unspecified atom stereocenters. The maximum atomic E-state index is 13.1. The molecular weight excluding hydrogens is 1170 g/mol. The van der Waals surface area contributed by atoms with E-state index in [1.807, 2.05) is 83.1 Å². The molecule has 84 heavy (non-hydrogen) atoms. The summed E-state index contributed by atoms with van der Waals surface area (Å²) in [5, 5.41) is 0. The molecule has 0 saturated carbocycles. The molecule has 0 atom stereocenters. The van der Waals surface area contributed by atoms with Crippen LogP contribution in [-0.4, -0.2) is 97.2 Å². The van der Waals surface area contributed by atoms with Crippen LogP contribution in [0.25, 0.3) is 22.1 Å². The highest BCUT2D eigenvalue weighted by Gasteiger charge is 2.64. The number of aromatic nitrogens is 4. The lowest BCUT2D eigenvalue weighted by molar-refractivity contribution is -0.138. The van der Waals surface area contributed by atoms with Crippen LogP contribution >= 0.6 is 15.9 Å². The Morgan fingerprint density at radius 3 is 1.14 bits per heavy atom. The Balaban J connectivity index is 0.000000192. The summed E-state index contributed by atoms with van der Waals surface area (Å²) in [4.78, 5) is 34.8. The van der Waals surface area contributed by atoms with Gasteiger partial charge in [0, 0.05) is 4.47 Å². The van der Waals surface area contributed by atoms with Crippen molar-refractivity contribution in [3.8, 4) is 11.5 Å². The first-order valence-corrected chi connectivity index (χ1v) is 27.9. The quantitative estimate of drug-likeness (QED) is 0.104. The third-order valence-electron chi connectivity index (χ3n) is 15.0. The average Bonchev–Trinajstić information content (AvgIpc) is 3.35. The van der Waals surface area contributed by atoms with Crippen LogP contribution in [0, 0.1) is 0 Å². The van der Waals surface area contributed by atoms with Crippen molar-refractivity contribution in [3.05, 3.63) is 112 Å². The topological polar surface area (TPSA) is 162 Å². The third-order valence-corrected chi connectivity index (χ3v) is 15.5.